The first kappa shape index (κ1) is 22.6. The third-order valence-electron chi connectivity index (χ3n) is 5.65. The highest BCUT2D eigenvalue weighted by Crippen LogP contribution is 2.34. The molecule has 2 aliphatic heterocycles. The van der Waals surface area contributed by atoms with Gasteiger partial charge in [0.1, 0.15) is 17.7 Å². The number of aryl methyl sites for hydroxylation is 1. The molecule has 0 bridgehead atoms. The number of halogens is 2. The fourth-order valence-corrected chi connectivity index (χ4v) is 4.13. The molecule has 0 aliphatic carbocycles. The quantitative estimate of drug-likeness (QED) is 0.755. The molecule has 32 heavy (non-hydrogen) atoms. The average Bonchev–Trinajstić information content (AvgIpc) is 3.06. The van der Waals surface area contributed by atoms with Gasteiger partial charge in [0.15, 0.2) is 11.9 Å². The summed E-state index contributed by atoms with van der Waals surface area (Å²) in [4.78, 5) is 21.9. The molecule has 2 aromatic rings. The summed E-state index contributed by atoms with van der Waals surface area (Å²) >= 11 is 0. The molecular formula is C21H30F2N6O3. The highest BCUT2D eigenvalue weighted by Gasteiger charge is 2.47. The minimum Gasteiger partial charge on any atom is -0.444 e. The van der Waals surface area contributed by atoms with Gasteiger partial charge < -0.3 is 19.7 Å². The Hall–Kier alpha value is -2.56. The molecular weight excluding hydrogens is 422 g/mol. The number of hydrogen-bond acceptors (Lipinski definition) is 7. The second kappa shape index (κ2) is 8.42. The molecule has 0 aromatic carbocycles. The Morgan fingerprint density at radius 2 is 2.06 bits per heavy atom. The lowest BCUT2D eigenvalue weighted by molar-refractivity contribution is -0.0770. The van der Waals surface area contributed by atoms with E-state index in [1.54, 1.807) is 32.4 Å². The lowest BCUT2D eigenvalue weighted by Crippen LogP contribution is -2.56. The van der Waals surface area contributed by atoms with E-state index < -0.39 is 30.2 Å². The Bertz CT molecular complexity index is 984. The van der Waals surface area contributed by atoms with E-state index in [-0.39, 0.29) is 19.2 Å². The van der Waals surface area contributed by atoms with Crippen molar-refractivity contribution in [1.29, 1.82) is 0 Å². The summed E-state index contributed by atoms with van der Waals surface area (Å²) in [5, 5.41) is 8.07. The van der Waals surface area contributed by atoms with Crippen molar-refractivity contribution in [2.75, 3.05) is 25.0 Å². The van der Waals surface area contributed by atoms with Crippen molar-refractivity contribution in [2.24, 2.45) is 0 Å². The van der Waals surface area contributed by atoms with Crippen molar-refractivity contribution in [3.8, 4) is 0 Å². The van der Waals surface area contributed by atoms with E-state index in [1.807, 2.05) is 0 Å². The molecule has 2 aliphatic rings. The summed E-state index contributed by atoms with van der Waals surface area (Å²) in [5.74, 6) is -2.85. The fraction of sp³-hybridized carbons (Fsp3) is 0.714. The van der Waals surface area contributed by atoms with Gasteiger partial charge in [-0.05, 0) is 53.4 Å². The monoisotopic (exact) mass is 452 g/mol. The van der Waals surface area contributed by atoms with Crippen LogP contribution in [0.5, 0.6) is 0 Å². The van der Waals surface area contributed by atoms with Crippen molar-refractivity contribution in [2.45, 2.75) is 77.2 Å². The maximum Gasteiger partial charge on any atom is 0.410 e. The third-order valence-corrected chi connectivity index (χ3v) is 5.65. The van der Waals surface area contributed by atoms with Crippen LogP contribution in [-0.4, -0.2) is 68.0 Å². The summed E-state index contributed by atoms with van der Waals surface area (Å²) < 4.78 is 42.8. The molecule has 0 spiro atoms. The number of rotatable bonds is 3. The van der Waals surface area contributed by atoms with Crippen LogP contribution in [0.3, 0.4) is 0 Å². The van der Waals surface area contributed by atoms with Gasteiger partial charge in [0, 0.05) is 13.2 Å². The number of piperidine rings is 1. The standard InChI is InChI=1S/C21H30F2N6O3/c1-13-16-17(24-12-25-18(16)29(27-13)15-7-5-6-10-31-15)26-14-8-9-28(11-21(14,22)23)19(30)32-20(2,3)4/h12,14-15H,5-11H2,1-4H3,(H,24,25,26). The maximum atomic E-state index is 15.0. The Balaban J connectivity index is 1.53. The fourth-order valence-electron chi connectivity index (χ4n) is 4.13. The zero-order chi connectivity index (χ0) is 23.1. The molecule has 176 valence electrons. The highest BCUT2D eigenvalue weighted by molar-refractivity contribution is 5.89. The average molecular weight is 453 g/mol. The summed E-state index contributed by atoms with van der Waals surface area (Å²) in [6.07, 6.45) is 3.31. The second-order valence-corrected chi connectivity index (χ2v) is 9.42. The predicted molar refractivity (Wildman–Crippen MR) is 114 cm³/mol. The maximum absolute atomic E-state index is 15.0. The van der Waals surface area contributed by atoms with Gasteiger partial charge in [0.05, 0.1) is 23.7 Å². The Labute approximate surface area is 185 Å². The van der Waals surface area contributed by atoms with Crippen LogP contribution in [0.4, 0.5) is 19.4 Å². The van der Waals surface area contributed by atoms with Gasteiger partial charge in [-0.1, -0.05) is 0 Å². The molecule has 0 radical (unpaired) electrons. The SMILES string of the molecule is Cc1nn(C2CCCCO2)c2ncnc(NC3CCN(C(=O)OC(C)(C)C)CC3(F)F)c12. The van der Waals surface area contributed by atoms with E-state index in [0.29, 0.717) is 29.2 Å². The molecule has 0 saturated carbocycles. The molecule has 9 nitrogen and oxygen atoms in total. The topological polar surface area (TPSA) is 94.4 Å². The number of hydrogen-bond donors (Lipinski definition) is 1. The molecule has 2 aromatic heterocycles. The van der Waals surface area contributed by atoms with E-state index >= 15 is 0 Å². The smallest absolute Gasteiger partial charge is 0.410 e. The van der Waals surface area contributed by atoms with Crippen LogP contribution < -0.4 is 5.32 Å². The van der Waals surface area contributed by atoms with Crippen molar-refractivity contribution in [3.05, 3.63) is 12.0 Å². The Kier molecular flexibility index (Phi) is 5.95. The molecule has 2 fully saturated rings. The number of ether oxygens (including phenoxy) is 2. The largest absolute Gasteiger partial charge is 0.444 e. The van der Waals surface area contributed by atoms with Crippen LogP contribution in [0.2, 0.25) is 0 Å². The van der Waals surface area contributed by atoms with Crippen LogP contribution in [0.15, 0.2) is 6.33 Å². The van der Waals surface area contributed by atoms with Crippen LogP contribution in [0.25, 0.3) is 11.0 Å². The van der Waals surface area contributed by atoms with Gasteiger partial charge in [-0.3, -0.25) is 0 Å². The Morgan fingerprint density at radius 3 is 2.72 bits per heavy atom. The van der Waals surface area contributed by atoms with Crippen LogP contribution in [0.1, 0.15) is 58.4 Å². The number of aromatic nitrogens is 4. The zero-order valence-corrected chi connectivity index (χ0v) is 18.9. The number of fused-ring (bicyclic) bond motifs is 1. The lowest BCUT2D eigenvalue weighted by Gasteiger charge is -2.39. The van der Waals surface area contributed by atoms with E-state index in [4.69, 9.17) is 9.47 Å². The molecule has 2 saturated heterocycles. The molecule has 2 unspecified atom stereocenters. The number of amides is 1. The van der Waals surface area contributed by atoms with Crippen molar-refractivity contribution in [1.82, 2.24) is 24.6 Å². The predicted octanol–water partition coefficient (Wildman–Crippen LogP) is 3.89. The van der Waals surface area contributed by atoms with E-state index in [9.17, 15) is 13.6 Å². The van der Waals surface area contributed by atoms with Gasteiger partial charge in [0.2, 0.25) is 0 Å². The first-order chi connectivity index (χ1) is 15.0. The minimum absolute atomic E-state index is 0.0522. The van der Waals surface area contributed by atoms with Crippen LogP contribution in [0, 0.1) is 6.92 Å². The normalized spacial score (nSPS) is 23.9. The number of nitrogens with one attached hydrogen (secondary N) is 1. The molecule has 11 heteroatoms. The number of anilines is 1. The Morgan fingerprint density at radius 1 is 1.28 bits per heavy atom. The zero-order valence-electron chi connectivity index (χ0n) is 18.9. The number of alkyl halides is 2. The van der Waals surface area contributed by atoms with E-state index in [0.717, 1.165) is 24.2 Å². The number of carbonyl (C=O) groups is 1. The van der Waals surface area contributed by atoms with Gasteiger partial charge in [-0.2, -0.15) is 5.10 Å². The number of carbonyl (C=O) groups excluding carboxylic acids is 1. The van der Waals surface area contributed by atoms with Crippen LogP contribution in [-0.2, 0) is 9.47 Å². The first-order valence-electron chi connectivity index (χ1n) is 11.0. The van der Waals surface area contributed by atoms with Crippen molar-refractivity contribution in [3.63, 3.8) is 0 Å². The molecule has 4 rings (SSSR count). The summed E-state index contributed by atoms with van der Waals surface area (Å²) in [7, 11) is 0. The van der Waals surface area contributed by atoms with Gasteiger partial charge in [-0.15, -0.1) is 0 Å². The van der Waals surface area contributed by atoms with Gasteiger partial charge in [0.25, 0.3) is 5.92 Å². The number of nitrogens with zero attached hydrogens (tertiary/aromatic N) is 5. The highest BCUT2D eigenvalue weighted by atomic mass is 19.3. The van der Waals surface area contributed by atoms with Gasteiger partial charge >= 0.3 is 6.09 Å². The van der Waals surface area contributed by atoms with E-state index in [1.165, 1.54) is 6.33 Å². The van der Waals surface area contributed by atoms with Crippen molar-refractivity contribution >= 4 is 22.9 Å². The number of likely N-dealkylation sites (tertiary alicyclic amines) is 1. The third kappa shape index (κ3) is 4.62. The minimum atomic E-state index is -3.16. The first-order valence-corrected chi connectivity index (χ1v) is 11.0. The summed E-state index contributed by atoms with van der Waals surface area (Å²) in [5.41, 5.74) is 0.460. The van der Waals surface area contributed by atoms with E-state index in [2.05, 4.69) is 20.4 Å². The molecule has 1 N–H and O–H groups in total. The van der Waals surface area contributed by atoms with Crippen molar-refractivity contribution < 1.29 is 23.0 Å². The van der Waals surface area contributed by atoms with Gasteiger partial charge in [-0.25, -0.2) is 28.2 Å². The van der Waals surface area contributed by atoms with Crippen LogP contribution >= 0.6 is 0 Å². The molecule has 1 amide bonds. The molecule has 4 heterocycles. The molecule has 2 atom stereocenters. The lowest BCUT2D eigenvalue weighted by atomic mass is 10.0. The summed E-state index contributed by atoms with van der Waals surface area (Å²) in [6, 6.07) is -1.19. The summed E-state index contributed by atoms with van der Waals surface area (Å²) in [6.45, 7) is 7.02. The second-order valence-electron chi connectivity index (χ2n) is 9.42.